The molecule has 4 aromatic rings. The van der Waals surface area contributed by atoms with Gasteiger partial charge in [-0.05, 0) is 23.3 Å². The van der Waals surface area contributed by atoms with E-state index < -0.39 is 0 Å². The summed E-state index contributed by atoms with van der Waals surface area (Å²) in [5, 5.41) is 4.39. The molecule has 0 bridgehead atoms. The lowest BCUT2D eigenvalue weighted by atomic mass is 10.1. The lowest BCUT2D eigenvalue weighted by Crippen LogP contribution is -1.92. The molecule has 0 saturated carbocycles. The van der Waals surface area contributed by atoms with Crippen LogP contribution in [-0.4, -0.2) is 19.6 Å². The van der Waals surface area contributed by atoms with E-state index in [0.29, 0.717) is 5.82 Å². The molecule has 0 fully saturated rings. The van der Waals surface area contributed by atoms with Crippen LogP contribution in [0, 0.1) is 0 Å². The van der Waals surface area contributed by atoms with Crippen LogP contribution in [0.3, 0.4) is 0 Å². The van der Waals surface area contributed by atoms with Gasteiger partial charge in [0.05, 0.1) is 5.56 Å². The first-order valence-electron chi connectivity index (χ1n) is 6.92. The summed E-state index contributed by atoms with van der Waals surface area (Å²) in [6, 6.07) is 13.8. The second-order valence-electron chi connectivity index (χ2n) is 4.97. The summed E-state index contributed by atoms with van der Waals surface area (Å²) in [4.78, 5) is 8.58. The molecule has 2 N–H and O–H groups in total. The highest BCUT2D eigenvalue weighted by Gasteiger charge is 2.14. The second-order valence-corrected chi connectivity index (χ2v) is 4.97. The minimum absolute atomic E-state index is 0.477. The smallest absolute Gasteiger partial charge is 0.165 e. The minimum atomic E-state index is 0.477. The van der Waals surface area contributed by atoms with Gasteiger partial charge < -0.3 is 5.73 Å². The van der Waals surface area contributed by atoms with Crippen molar-refractivity contribution in [3.05, 3.63) is 67.3 Å². The van der Waals surface area contributed by atoms with Crippen molar-refractivity contribution in [3.8, 4) is 22.3 Å². The zero-order valence-electron chi connectivity index (χ0n) is 11.7. The third kappa shape index (κ3) is 2.00. The number of pyridine rings is 1. The third-order valence-corrected chi connectivity index (χ3v) is 3.58. The summed E-state index contributed by atoms with van der Waals surface area (Å²) in [6.45, 7) is 0. The molecule has 106 valence electrons. The quantitative estimate of drug-likeness (QED) is 0.615. The number of nitrogens with zero attached hydrogens (tertiary/aromatic N) is 4. The van der Waals surface area contributed by atoms with Crippen molar-refractivity contribution < 1.29 is 0 Å². The predicted molar refractivity (Wildman–Crippen MR) is 86.1 cm³/mol. The van der Waals surface area contributed by atoms with Crippen molar-refractivity contribution >= 4 is 11.5 Å². The fourth-order valence-corrected chi connectivity index (χ4v) is 2.53. The van der Waals surface area contributed by atoms with Gasteiger partial charge in [-0.15, -0.1) is 5.10 Å². The zero-order valence-corrected chi connectivity index (χ0v) is 11.7. The monoisotopic (exact) mass is 287 g/mol. The molecule has 0 aliphatic carbocycles. The summed E-state index contributed by atoms with van der Waals surface area (Å²) in [5.74, 6) is 0.477. The Labute approximate surface area is 127 Å². The highest BCUT2D eigenvalue weighted by molar-refractivity contribution is 5.86. The van der Waals surface area contributed by atoms with E-state index in [4.69, 9.17) is 5.73 Å². The average Bonchev–Trinajstić information content (AvgIpc) is 2.91. The number of rotatable bonds is 2. The van der Waals surface area contributed by atoms with Crippen LogP contribution in [-0.2, 0) is 0 Å². The van der Waals surface area contributed by atoms with Gasteiger partial charge in [0.25, 0.3) is 0 Å². The highest BCUT2D eigenvalue weighted by Crippen LogP contribution is 2.30. The van der Waals surface area contributed by atoms with Crippen molar-refractivity contribution in [2.45, 2.75) is 0 Å². The normalized spacial score (nSPS) is 10.9. The van der Waals surface area contributed by atoms with Gasteiger partial charge >= 0.3 is 0 Å². The molecular formula is C17H13N5. The number of benzene rings is 1. The molecule has 3 aromatic heterocycles. The average molecular weight is 287 g/mol. The van der Waals surface area contributed by atoms with Gasteiger partial charge in [-0.3, -0.25) is 4.98 Å². The number of nitrogens with two attached hydrogens (primary N) is 1. The molecule has 0 aliphatic rings. The third-order valence-electron chi connectivity index (χ3n) is 3.58. The molecule has 0 saturated heterocycles. The van der Waals surface area contributed by atoms with E-state index in [-0.39, 0.29) is 0 Å². The Balaban J connectivity index is 1.90. The fourth-order valence-electron chi connectivity index (χ4n) is 2.53. The van der Waals surface area contributed by atoms with Crippen molar-refractivity contribution in [3.63, 3.8) is 0 Å². The summed E-state index contributed by atoms with van der Waals surface area (Å²) in [6.07, 6.45) is 7.28. The Morgan fingerprint density at radius 2 is 1.64 bits per heavy atom. The number of fused-ring (bicyclic) bond motifs is 1. The Hall–Kier alpha value is -3.21. The van der Waals surface area contributed by atoms with Crippen molar-refractivity contribution in [1.29, 1.82) is 0 Å². The van der Waals surface area contributed by atoms with Gasteiger partial charge in [-0.2, -0.15) is 0 Å². The first kappa shape index (κ1) is 12.5. The number of hydrogen-bond donors (Lipinski definition) is 1. The maximum Gasteiger partial charge on any atom is 0.165 e. The zero-order chi connectivity index (χ0) is 14.9. The summed E-state index contributed by atoms with van der Waals surface area (Å²) >= 11 is 0. The summed E-state index contributed by atoms with van der Waals surface area (Å²) < 4.78 is 1.73. The molecule has 3 heterocycles. The molecule has 22 heavy (non-hydrogen) atoms. The first-order valence-corrected chi connectivity index (χ1v) is 6.92. The maximum atomic E-state index is 6.09. The molecule has 5 nitrogen and oxygen atoms in total. The molecule has 4 rings (SSSR count). The number of hydrogen-bond acceptors (Lipinski definition) is 4. The van der Waals surface area contributed by atoms with Crippen molar-refractivity contribution in [2.24, 2.45) is 0 Å². The van der Waals surface area contributed by atoms with Gasteiger partial charge in [-0.25, -0.2) is 9.50 Å². The van der Waals surface area contributed by atoms with E-state index in [9.17, 15) is 0 Å². The van der Waals surface area contributed by atoms with Crippen LogP contribution in [0.4, 0.5) is 5.82 Å². The molecule has 0 aliphatic heterocycles. The lowest BCUT2D eigenvalue weighted by molar-refractivity contribution is 0.947. The number of aromatic nitrogens is 4. The van der Waals surface area contributed by atoms with Crippen LogP contribution in [0.5, 0.6) is 0 Å². The van der Waals surface area contributed by atoms with E-state index >= 15 is 0 Å². The molecule has 0 unspecified atom stereocenters. The molecule has 5 heteroatoms. The maximum absolute atomic E-state index is 6.09. The second kappa shape index (κ2) is 4.96. The van der Waals surface area contributed by atoms with Crippen molar-refractivity contribution in [1.82, 2.24) is 19.6 Å². The topological polar surface area (TPSA) is 69.1 Å². The van der Waals surface area contributed by atoms with Gasteiger partial charge in [0.1, 0.15) is 0 Å². The Bertz CT molecular complexity index is 929. The summed E-state index contributed by atoms with van der Waals surface area (Å²) in [7, 11) is 0. The molecular weight excluding hydrogens is 274 g/mol. The minimum Gasteiger partial charge on any atom is -0.382 e. The fraction of sp³-hybridized carbons (Fsp3) is 0. The van der Waals surface area contributed by atoms with Crippen LogP contribution < -0.4 is 5.73 Å². The van der Waals surface area contributed by atoms with E-state index in [1.54, 1.807) is 16.9 Å². The number of nitrogen functional groups attached to an aromatic ring is 1. The van der Waals surface area contributed by atoms with Crippen LogP contribution in [0.25, 0.3) is 27.9 Å². The predicted octanol–water partition coefficient (Wildman–Crippen LogP) is 3.04. The van der Waals surface area contributed by atoms with Gasteiger partial charge in [0.2, 0.25) is 0 Å². The van der Waals surface area contributed by atoms with E-state index in [0.717, 1.165) is 27.9 Å². The summed E-state index contributed by atoms with van der Waals surface area (Å²) in [5.41, 5.74) is 10.7. The van der Waals surface area contributed by atoms with E-state index in [1.165, 1.54) is 0 Å². The van der Waals surface area contributed by atoms with Crippen LogP contribution >= 0.6 is 0 Å². The lowest BCUT2D eigenvalue weighted by Gasteiger charge is -2.02. The molecule has 0 radical (unpaired) electrons. The Morgan fingerprint density at radius 3 is 2.41 bits per heavy atom. The van der Waals surface area contributed by atoms with Crippen molar-refractivity contribution in [2.75, 3.05) is 5.73 Å². The first-order chi connectivity index (χ1) is 10.8. The van der Waals surface area contributed by atoms with Gasteiger partial charge in [-0.1, -0.05) is 30.3 Å². The van der Waals surface area contributed by atoms with Crippen LogP contribution in [0.1, 0.15) is 0 Å². The highest BCUT2D eigenvalue weighted by atomic mass is 15.3. The molecule has 1 aromatic carbocycles. The van der Waals surface area contributed by atoms with Crippen LogP contribution in [0.15, 0.2) is 67.3 Å². The standard InChI is InChI=1S/C17H13N5/c18-16-15(13-4-2-1-3-5-13)17-20-10-14(11-22(17)21-16)12-6-8-19-9-7-12/h1-11H,(H2,18,21). The molecule has 0 amide bonds. The SMILES string of the molecule is Nc1nn2cc(-c3ccncc3)cnc2c1-c1ccccc1. The number of anilines is 1. The van der Waals surface area contributed by atoms with E-state index in [1.807, 2.05) is 54.9 Å². The van der Waals surface area contributed by atoms with Gasteiger partial charge in [0.15, 0.2) is 11.5 Å². The van der Waals surface area contributed by atoms with Gasteiger partial charge in [0, 0.05) is 30.4 Å². The van der Waals surface area contributed by atoms with E-state index in [2.05, 4.69) is 15.1 Å². The Morgan fingerprint density at radius 1 is 0.864 bits per heavy atom. The Kier molecular flexibility index (Phi) is 2.83. The van der Waals surface area contributed by atoms with Crippen LogP contribution in [0.2, 0.25) is 0 Å². The largest absolute Gasteiger partial charge is 0.382 e. The molecule has 0 atom stereocenters. The molecule has 0 spiro atoms.